The van der Waals surface area contributed by atoms with Crippen molar-refractivity contribution in [1.29, 1.82) is 0 Å². The number of hydrogen-bond donors (Lipinski definition) is 1. The van der Waals surface area contributed by atoms with Crippen LogP contribution in [0.4, 0.5) is 10.5 Å². The average Bonchev–Trinajstić information content (AvgIpc) is 2.86. The first-order valence-electron chi connectivity index (χ1n) is 7.56. The summed E-state index contributed by atoms with van der Waals surface area (Å²) in [4.78, 5) is 18.5. The minimum atomic E-state index is -0.262. The van der Waals surface area contributed by atoms with Crippen LogP contribution in [0.2, 0.25) is 0 Å². The van der Waals surface area contributed by atoms with Gasteiger partial charge in [-0.3, -0.25) is 0 Å². The Morgan fingerprint density at radius 3 is 3.09 bits per heavy atom. The van der Waals surface area contributed by atoms with Gasteiger partial charge in [-0.2, -0.15) is 0 Å². The lowest BCUT2D eigenvalue weighted by molar-refractivity contribution is -0.0860. The molecule has 2 amide bonds. The van der Waals surface area contributed by atoms with Crippen molar-refractivity contribution >= 4 is 22.8 Å². The van der Waals surface area contributed by atoms with E-state index in [0.717, 1.165) is 11.9 Å². The van der Waals surface area contributed by atoms with Crippen LogP contribution in [0.15, 0.2) is 22.6 Å². The first-order chi connectivity index (χ1) is 10.5. The van der Waals surface area contributed by atoms with E-state index < -0.39 is 0 Å². The third-order valence-corrected chi connectivity index (χ3v) is 4.12. The van der Waals surface area contributed by atoms with Gasteiger partial charge < -0.3 is 19.4 Å². The van der Waals surface area contributed by atoms with Crippen molar-refractivity contribution < 1.29 is 13.9 Å². The fourth-order valence-electron chi connectivity index (χ4n) is 2.64. The normalized spacial score (nSPS) is 22.0. The van der Waals surface area contributed by atoms with Crippen LogP contribution < -0.4 is 5.32 Å². The second-order valence-corrected chi connectivity index (χ2v) is 5.92. The van der Waals surface area contributed by atoms with E-state index in [1.807, 2.05) is 19.1 Å². The third-order valence-electron chi connectivity index (χ3n) is 4.12. The molecule has 118 valence electrons. The van der Waals surface area contributed by atoms with Gasteiger partial charge in [0, 0.05) is 25.2 Å². The van der Waals surface area contributed by atoms with Gasteiger partial charge in [-0.05, 0) is 25.5 Å². The molecule has 2 aromatic rings. The standard InChI is InChI=1S/C16H21N3O3/c1-4-16(3)10-19(7-8-21-16)15(20)18-12-5-6-13-14(9-12)22-11(2)17-13/h5-6,9H,4,7-8,10H2,1-3H3,(H,18,20). The quantitative estimate of drug-likeness (QED) is 0.925. The second kappa shape index (κ2) is 5.61. The third kappa shape index (κ3) is 2.92. The molecule has 2 heterocycles. The highest BCUT2D eigenvalue weighted by atomic mass is 16.5. The highest BCUT2D eigenvalue weighted by Crippen LogP contribution is 2.23. The van der Waals surface area contributed by atoms with Gasteiger partial charge >= 0.3 is 6.03 Å². The van der Waals surface area contributed by atoms with E-state index in [-0.39, 0.29) is 11.6 Å². The Hall–Kier alpha value is -2.08. The summed E-state index contributed by atoms with van der Waals surface area (Å²) < 4.78 is 11.3. The van der Waals surface area contributed by atoms with Crippen molar-refractivity contribution in [2.75, 3.05) is 25.0 Å². The number of morpholine rings is 1. The van der Waals surface area contributed by atoms with Gasteiger partial charge in [0.15, 0.2) is 11.5 Å². The maximum Gasteiger partial charge on any atom is 0.322 e. The maximum absolute atomic E-state index is 12.4. The van der Waals surface area contributed by atoms with Gasteiger partial charge in [-0.25, -0.2) is 9.78 Å². The van der Waals surface area contributed by atoms with Gasteiger partial charge in [0.2, 0.25) is 0 Å². The summed E-state index contributed by atoms with van der Waals surface area (Å²) in [6.45, 7) is 7.68. The first-order valence-corrected chi connectivity index (χ1v) is 7.56. The molecular formula is C16H21N3O3. The van der Waals surface area contributed by atoms with Crippen LogP contribution in [-0.2, 0) is 4.74 Å². The molecule has 0 saturated carbocycles. The Kier molecular flexibility index (Phi) is 3.78. The van der Waals surface area contributed by atoms with Crippen LogP contribution in [-0.4, -0.2) is 41.2 Å². The summed E-state index contributed by atoms with van der Waals surface area (Å²) in [6.07, 6.45) is 0.875. The van der Waals surface area contributed by atoms with Crippen LogP contribution in [0.1, 0.15) is 26.2 Å². The van der Waals surface area contributed by atoms with Crippen molar-refractivity contribution in [3.05, 3.63) is 24.1 Å². The smallest absolute Gasteiger partial charge is 0.322 e. The van der Waals surface area contributed by atoms with Gasteiger partial charge in [0.05, 0.1) is 18.8 Å². The molecular weight excluding hydrogens is 282 g/mol. The topological polar surface area (TPSA) is 67.6 Å². The average molecular weight is 303 g/mol. The fraction of sp³-hybridized carbons (Fsp3) is 0.500. The second-order valence-electron chi connectivity index (χ2n) is 5.92. The molecule has 1 unspecified atom stereocenters. The molecule has 1 saturated heterocycles. The van der Waals surface area contributed by atoms with Gasteiger partial charge in [0.25, 0.3) is 0 Å². The van der Waals surface area contributed by atoms with Crippen LogP contribution in [0, 0.1) is 6.92 Å². The Morgan fingerprint density at radius 1 is 1.50 bits per heavy atom. The number of nitrogens with zero attached hydrogens (tertiary/aromatic N) is 2. The number of hydrogen-bond acceptors (Lipinski definition) is 4. The number of anilines is 1. The molecule has 1 aromatic carbocycles. The van der Waals surface area contributed by atoms with E-state index in [9.17, 15) is 4.79 Å². The van der Waals surface area contributed by atoms with Crippen LogP contribution in [0.3, 0.4) is 0 Å². The van der Waals surface area contributed by atoms with E-state index in [0.29, 0.717) is 36.9 Å². The molecule has 1 fully saturated rings. The van der Waals surface area contributed by atoms with Gasteiger partial charge in [-0.15, -0.1) is 0 Å². The first kappa shape index (κ1) is 14.8. The lowest BCUT2D eigenvalue weighted by atomic mass is 10.0. The zero-order valence-electron chi connectivity index (χ0n) is 13.2. The lowest BCUT2D eigenvalue weighted by Gasteiger charge is -2.39. The van der Waals surface area contributed by atoms with Crippen LogP contribution in [0.25, 0.3) is 11.1 Å². The molecule has 1 aromatic heterocycles. The van der Waals surface area contributed by atoms with Crippen molar-refractivity contribution in [1.82, 2.24) is 9.88 Å². The fourth-order valence-corrected chi connectivity index (χ4v) is 2.64. The van der Waals surface area contributed by atoms with E-state index in [4.69, 9.17) is 9.15 Å². The maximum atomic E-state index is 12.4. The number of oxazole rings is 1. The highest BCUT2D eigenvalue weighted by molar-refractivity contribution is 5.91. The number of rotatable bonds is 2. The molecule has 0 radical (unpaired) electrons. The molecule has 6 heteroatoms. The number of amides is 2. The van der Waals surface area contributed by atoms with Crippen molar-refractivity contribution in [3.8, 4) is 0 Å². The summed E-state index contributed by atoms with van der Waals surface area (Å²) in [5, 5.41) is 2.92. The molecule has 6 nitrogen and oxygen atoms in total. The predicted molar refractivity (Wildman–Crippen MR) is 84.0 cm³/mol. The Balaban J connectivity index is 1.72. The van der Waals surface area contributed by atoms with Crippen molar-refractivity contribution in [2.45, 2.75) is 32.8 Å². The Bertz CT molecular complexity index is 697. The van der Waals surface area contributed by atoms with Gasteiger partial charge in [-0.1, -0.05) is 6.92 Å². The Labute approximate surface area is 129 Å². The number of urea groups is 1. The van der Waals surface area contributed by atoms with Gasteiger partial charge in [0.1, 0.15) is 5.52 Å². The minimum absolute atomic E-state index is 0.112. The summed E-state index contributed by atoms with van der Waals surface area (Å²) >= 11 is 0. The van der Waals surface area contributed by atoms with Crippen LogP contribution >= 0.6 is 0 Å². The molecule has 1 aliphatic rings. The number of fused-ring (bicyclic) bond motifs is 1. The molecule has 1 atom stereocenters. The number of benzene rings is 1. The lowest BCUT2D eigenvalue weighted by Crippen LogP contribution is -2.52. The number of aryl methyl sites for hydroxylation is 1. The number of carbonyl (C=O) groups excluding carboxylic acids is 1. The Morgan fingerprint density at radius 2 is 2.32 bits per heavy atom. The molecule has 0 bridgehead atoms. The number of nitrogens with one attached hydrogen (secondary N) is 1. The molecule has 0 spiro atoms. The zero-order chi connectivity index (χ0) is 15.7. The van der Waals surface area contributed by atoms with E-state index in [1.54, 1.807) is 17.9 Å². The van der Waals surface area contributed by atoms with E-state index in [2.05, 4.69) is 17.2 Å². The summed E-state index contributed by atoms with van der Waals surface area (Å²) in [5.41, 5.74) is 1.91. The van der Waals surface area contributed by atoms with Crippen molar-refractivity contribution in [3.63, 3.8) is 0 Å². The number of carbonyl (C=O) groups is 1. The number of ether oxygens (including phenoxy) is 1. The van der Waals surface area contributed by atoms with Crippen LogP contribution in [0.5, 0.6) is 0 Å². The summed E-state index contributed by atoms with van der Waals surface area (Å²) in [7, 11) is 0. The van der Waals surface area contributed by atoms with E-state index in [1.165, 1.54) is 0 Å². The largest absolute Gasteiger partial charge is 0.441 e. The zero-order valence-corrected chi connectivity index (χ0v) is 13.2. The molecule has 0 aliphatic carbocycles. The highest BCUT2D eigenvalue weighted by Gasteiger charge is 2.32. The summed E-state index contributed by atoms with van der Waals surface area (Å²) in [6, 6.07) is 5.37. The molecule has 3 rings (SSSR count). The summed E-state index contributed by atoms with van der Waals surface area (Å²) in [5.74, 6) is 0.616. The number of aromatic nitrogens is 1. The monoisotopic (exact) mass is 303 g/mol. The molecule has 1 N–H and O–H groups in total. The predicted octanol–water partition coefficient (Wildman–Crippen LogP) is 3.17. The molecule has 1 aliphatic heterocycles. The van der Waals surface area contributed by atoms with Crippen molar-refractivity contribution in [2.24, 2.45) is 0 Å². The van der Waals surface area contributed by atoms with E-state index >= 15 is 0 Å². The SMILES string of the molecule is CCC1(C)CN(C(=O)Nc2ccc3nc(C)oc3c2)CCO1. The molecule has 22 heavy (non-hydrogen) atoms. The minimum Gasteiger partial charge on any atom is -0.441 e.